The molecule has 0 amide bonds. The van der Waals surface area contributed by atoms with Gasteiger partial charge in [0.2, 0.25) is 0 Å². The van der Waals surface area contributed by atoms with Crippen molar-refractivity contribution in [3.8, 4) is 16.8 Å². The molecule has 0 aliphatic heterocycles. The summed E-state index contributed by atoms with van der Waals surface area (Å²) in [5.41, 5.74) is 19.0. The van der Waals surface area contributed by atoms with Crippen molar-refractivity contribution in [3.63, 3.8) is 0 Å². The van der Waals surface area contributed by atoms with Crippen LogP contribution in [0.2, 0.25) is 0 Å². The summed E-state index contributed by atoms with van der Waals surface area (Å²) in [4.78, 5) is 0. The average Bonchev–Trinajstić information content (AvgIpc) is 3.55. The fraction of sp³-hybridized carbons (Fsp3) is 0.167. The van der Waals surface area contributed by atoms with E-state index >= 15 is 0 Å². The maximum absolute atomic E-state index is 6.85. The highest BCUT2D eigenvalue weighted by atomic mass is 15.5. The van der Waals surface area contributed by atoms with Crippen LogP contribution in [-0.2, 0) is 5.41 Å². The molecular weight excluding hydrogens is 560 g/mol. The first-order chi connectivity index (χ1) is 22.4. The summed E-state index contributed by atoms with van der Waals surface area (Å²) < 4.78 is 2.43. The third kappa shape index (κ3) is 4.40. The van der Waals surface area contributed by atoms with Crippen LogP contribution in [0.5, 0.6) is 0 Å². The molecular formula is C42H38N4. The predicted octanol–water partition coefficient (Wildman–Crippen LogP) is 9.66. The van der Waals surface area contributed by atoms with Gasteiger partial charge in [0.05, 0.1) is 17.1 Å². The van der Waals surface area contributed by atoms with E-state index in [2.05, 4.69) is 152 Å². The molecule has 2 aliphatic rings. The molecule has 0 unspecified atom stereocenters. The number of nitrogens with zero attached hydrogens (tertiary/aromatic N) is 3. The van der Waals surface area contributed by atoms with Crippen LogP contribution in [0.25, 0.3) is 38.6 Å². The van der Waals surface area contributed by atoms with Crippen molar-refractivity contribution >= 4 is 27.6 Å². The van der Waals surface area contributed by atoms with Gasteiger partial charge in [0.15, 0.2) is 5.84 Å². The lowest BCUT2D eigenvalue weighted by molar-refractivity contribution is 0.284. The van der Waals surface area contributed by atoms with E-state index in [0.717, 1.165) is 24.1 Å². The Labute approximate surface area is 270 Å². The molecule has 4 nitrogen and oxygen atoms in total. The predicted molar refractivity (Wildman–Crippen MR) is 192 cm³/mol. The maximum atomic E-state index is 6.85. The van der Waals surface area contributed by atoms with E-state index in [-0.39, 0.29) is 11.5 Å². The van der Waals surface area contributed by atoms with Crippen LogP contribution in [-0.4, -0.2) is 22.5 Å². The number of nitrogens with two attached hydrogens (primary N) is 1. The first kappa shape index (κ1) is 28.1. The first-order valence-corrected chi connectivity index (χ1v) is 16.2. The summed E-state index contributed by atoms with van der Waals surface area (Å²) >= 11 is 0. The molecule has 46 heavy (non-hydrogen) atoms. The van der Waals surface area contributed by atoms with Crippen LogP contribution in [0.15, 0.2) is 144 Å². The number of aromatic nitrogens is 1. The summed E-state index contributed by atoms with van der Waals surface area (Å²) in [5.74, 6) is 0.496. The van der Waals surface area contributed by atoms with Crippen LogP contribution in [0.4, 0.5) is 0 Å². The largest absolute Gasteiger partial charge is 0.382 e. The Bertz CT molecular complexity index is 2210. The Hall–Kier alpha value is -5.35. The number of hydrogen-bond donors (Lipinski definition) is 1. The zero-order chi connectivity index (χ0) is 31.4. The van der Waals surface area contributed by atoms with Gasteiger partial charge in [0.25, 0.3) is 0 Å². The number of hydrogen-bond acceptors (Lipinski definition) is 2. The van der Waals surface area contributed by atoms with Crippen molar-refractivity contribution in [2.75, 3.05) is 7.05 Å². The molecule has 1 aromatic heterocycles. The standard InChI is InChI=1S/C42H38N4/c1-42(2)36-23-12-10-21-32(36)34-25-26-35-33-22-11-13-24-37(33)46(40(35)38(34)42)31-20-14-19-30(27-31)41(43)44-45(3)39(28-15-6-4-7-16-28)29-17-8-5-9-18-29/h4-8,10-17,19-27,39H,9,18H2,1-3H3,(H2,43,44)/t39-/m0/s1. The number of rotatable bonds is 6. The minimum absolute atomic E-state index is 0.0108. The smallest absolute Gasteiger partial charge is 0.150 e. The summed E-state index contributed by atoms with van der Waals surface area (Å²) in [6.07, 6.45) is 8.64. The third-order valence-electron chi connectivity index (χ3n) is 9.90. The maximum Gasteiger partial charge on any atom is 0.150 e. The fourth-order valence-corrected chi connectivity index (χ4v) is 7.82. The first-order valence-electron chi connectivity index (χ1n) is 16.2. The number of para-hydroxylation sites is 1. The fourth-order valence-electron chi connectivity index (χ4n) is 7.82. The van der Waals surface area contributed by atoms with Crippen LogP contribution in [0.3, 0.4) is 0 Å². The van der Waals surface area contributed by atoms with Crippen LogP contribution in [0, 0.1) is 0 Å². The van der Waals surface area contributed by atoms with Crippen molar-refractivity contribution in [1.29, 1.82) is 0 Å². The topological polar surface area (TPSA) is 46.5 Å². The lowest BCUT2D eigenvalue weighted by atomic mass is 9.81. The second-order valence-electron chi connectivity index (χ2n) is 13.0. The molecule has 0 saturated heterocycles. The van der Waals surface area contributed by atoms with Crippen LogP contribution >= 0.6 is 0 Å². The molecule has 0 bridgehead atoms. The Morgan fingerprint density at radius 2 is 1.61 bits per heavy atom. The molecule has 1 atom stereocenters. The van der Waals surface area contributed by atoms with Crippen LogP contribution < -0.4 is 5.73 Å². The van der Waals surface area contributed by atoms with Gasteiger partial charge < -0.3 is 10.3 Å². The summed E-state index contributed by atoms with van der Waals surface area (Å²) in [6, 6.07) is 41.3. The van der Waals surface area contributed by atoms with Gasteiger partial charge in [0, 0.05) is 34.5 Å². The molecule has 0 radical (unpaired) electrons. The highest BCUT2D eigenvalue weighted by molar-refractivity contribution is 6.13. The van der Waals surface area contributed by atoms with Crippen molar-refractivity contribution in [3.05, 3.63) is 161 Å². The normalized spacial score (nSPS) is 15.9. The molecule has 0 spiro atoms. The van der Waals surface area contributed by atoms with E-state index < -0.39 is 0 Å². The minimum Gasteiger partial charge on any atom is -0.382 e. The van der Waals surface area contributed by atoms with E-state index in [9.17, 15) is 0 Å². The lowest BCUT2D eigenvalue weighted by Crippen LogP contribution is -2.26. The second-order valence-corrected chi connectivity index (χ2v) is 13.0. The van der Waals surface area contributed by atoms with Gasteiger partial charge in [-0.3, -0.25) is 5.01 Å². The molecule has 226 valence electrons. The number of benzene rings is 5. The molecule has 2 N–H and O–H groups in total. The average molecular weight is 599 g/mol. The quantitative estimate of drug-likeness (QED) is 0.118. The molecule has 6 aromatic rings. The van der Waals surface area contributed by atoms with Gasteiger partial charge in [-0.15, -0.1) is 0 Å². The number of amidine groups is 1. The van der Waals surface area contributed by atoms with Crippen molar-refractivity contribution < 1.29 is 0 Å². The monoisotopic (exact) mass is 598 g/mol. The third-order valence-corrected chi connectivity index (χ3v) is 9.90. The highest BCUT2D eigenvalue weighted by Gasteiger charge is 2.38. The van der Waals surface area contributed by atoms with Crippen LogP contribution in [0.1, 0.15) is 55.0 Å². The zero-order valence-electron chi connectivity index (χ0n) is 26.6. The molecule has 5 aromatic carbocycles. The van der Waals surface area contributed by atoms with E-state index in [0.29, 0.717) is 5.84 Å². The van der Waals surface area contributed by atoms with Gasteiger partial charge in [0.1, 0.15) is 0 Å². The van der Waals surface area contributed by atoms with Gasteiger partial charge in [-0.05, 0) is 64.4 Å². The molecule has 8 rings (SSSR count). The molecule has 2 aliphatic carbocycles. The number of hydrazone groups is 1. The summed E-state index contributed by atoms with van der Waals surface area (Å²) in [5, 5.41) is 9.55. The van der Waals surface area contributed by atoms with E-state index in [1.54, 1.807) is 0 Å². The van der Waals surface area contributed by atoms with Gasteiger partial charge in [-0.25, -0.2) is 0 Å². The Balaban J connectivity index is 1.27. The highest BCUT2D eigenvalue weighted by Crippen LogP contribution is 2.52. The van der Waals surface area contributed by atoms with Gasteiger partial charge in [-0.2, -0.15) is 5.10 Å². The summed E-state index contributed by atoms with van der Waals surface area (Å²) in [7, 11) is 2.03. The van der Waals surface area contributed by atoms with E-state index in [1.807, 2.05) is 12.1 Å². The van der Waals surface area contributed by atoms with Gasteiger partial charge in [-0.1, -0.05) is 129 Å². The Kier molecular flexibility index (Phi) is 6.68. The number of allylic oxidation sites excluding steroid dienone is 3. The minimum atomic E-state index is -0.145. The molecule has 0 fully saturated rings. The SMILES string of the molecule is CN(N=C(N)c1cccc(-n2c3ccccc3c3ccc4c(c32)C(C)(C)c2ccccc2-4)c1)[C@H](C1=CC=CCC1)c1ccccc1. The van der Waals surface area contributed by atoms with Crippen molar-refractivity contribution in [2.24, 2.45) is 10.8 Å². The van der Waals surface area contributed by atoms with Crippen molar-refractivity contribution in [2.45, 2.75) is 38.1 Å². The number of fused-ring (bicyclic) bond motifs is 7. The molecule has 4 heteroatoms. The zero-order valence-corrected chi connectivity index (χ0v) is 26.6. The Morgan fingerprint density at radius 3 is 2.43 bits per heavy atom. The number of likely N-dealkylation sites (N-methyl/N-ethyl adjacent to an activating group) is 1. The molecule has 1 heterocycles. The summed E-state index contributed by atoms with van der Waals surface area (Å²) in [6.45, 7) is 4.72. The van der Waals surface area contributed by atoms with Crippen molar-refractivity contribution in [1.82, 2.24) is 9.58 Å². The molecule has 0 saturated carbocycles. The second kappa shape index (κ2) is 10.9. The lowest BCUT2D eigenvalue weighted by Gasteiger charge is -2.30. The van der Waals surface area contributed by atoms with E-state index in [4.69, 9.17) is 10.8 Å². The van der Waals surface area contributed by atoms with E-state index in [1.165, 1.54) is 55.2 Å². The van der Waals surface area contributed by atoms with Gasteiger partial charge >= 0.3 is 0 Å². The Morgan fingerprint density at radius 1 is 0.826 bits per heavy atom.